The lowest BCUT2D eigenvalue weighted by atomic mass is 10.2. The van der Waals surface area contributed by atoms with E-state index in [1.54, 1.807) is 12.1 Å². The van der Waals surface area contributed by atoms with Crippen LogP contribution in [0.4, 0.5) is 5.82 Å². The molecule has 5 nitrogen and oxygen atoms in total. The van der Waals surface area contributed by atoms with Crippen LogP contribution in [0.3, 0.4) is 0 Å². The number of carbonyl (C=O) groups is 1. The first kappa shape index (κ1) is 12.8. The molecule has 1 aromatic rings. The molecule has 0 radical (unpaired) electrons. The highest BCUT2D eigenvalue weighted by atomic mass is 16.4. The summed E-state index contributed by atoms with van der Waals surface area (Å²) in [5.41, 5.74) is 1.17. The molecule has 0 aromatic carbocycles. The van der Waals surface area contributed by atoms with Crippen LogP contribution in [0, 0.1) is 0 Å². The van der Waals surface area contributed by atoms with Crippen molar-refractivity contribution in [2.24, 2.45) is 0 Å². The maximum absolute atomic E-state index is 11.1. The quantitative estimate of drug-likeness (QED) is 0.869. The molecule has 98 valence electrons. The SMILES string of the molecule is CCc1cc(C(=O)O)cc(N2CCN(C)CC2)n1. The van der Waals surface area contributed by atoms with Crippen LogP contribution < -0.4 is 4.90 Å². The van der Waals surface area contributed by atoms with Gasteiger partial charge in [-0.3, -0.25) is 0 Å². The third kappa shape index (κ3) is 2.79. The average molecular weight is 249 g/mol. The van der Waals surface area contributed by atoms with Gasteiger partial charge in [-0.15, -0.1) is 0 Å². The minimum absolute atomic E-state index is 0.329. The fourth-order valence-electron chi connectivity index (χ4n) is 2.07. The molecule has 1 aliphatic heterocycles. The molecule has 5 heteroatoms. The molecule has 0 atom stereocenters. The highest BCUT2D eigenvalue weighted by Crippen LogP contribution is 2.17. The molecule has 0 unspecified atom stereocenters. The summed E-state index contributed by atoms with van der Waals surface area (Å²) < 4.78 is 0. The van der Waals surface area contributed by atoms with E-state index in [1.807, 2.05) is 6.92 Å². The Kier molecular flexibility index (Phi) is 3.81. The van der Waals surface area contributed by atoms with Gasteiger partial charge < -0.3 is 14.9 Å². The number of carboxylic acids is 1. The van der Waals surface area contributed by atoms with E-state index in [0.29, 0.717) is 5.56 Å². The molecule has 1 aromatic heterocycles. The van der Waals surface area contributed by atoms with Gasteiger partial charge >= 0.3 is 5.97 Å². The predicted molar refractivity (Wildman–Crippen MR) is 70.3 cm³/mol. The number of rotatable bonds is 3. The third-order valence-corrected chi connectivity index (χ3v) is 3.30. The van der Waals surface area contributed by atoms with Crippen LogP contribution in [-0.4, -0.2) is 54.2 Å². The minimum Gasteiger partial charge on any atom is -0.478 e. The van der Waals surface area contributed by atoms with Gasteiger partial charge in [0.05, 0.1) is 5.56 Å². The van der Waals surface area contributed by atoms with E-state index in [2.05, 4.69) is 21.8 Å². The van der Waals surface area contributed by atoms with E-state index in [9.17, 15) is 4.79 Å². The second-order valence-corrected chi connectivity index (χ2v) is 4.65. The van der Waals surface area contributed by atoms with Crippen molar-refractivity contribution in [2.75, 3.05) is 38.1 Å². The van der Waals surface area contributed by atoms with E-state index in [4.69, 9.17) is 5.11 Å². The lowest BCUT2D eigenvalue weighted by Crippen LogP contribution is -2.44. The number of hydrogen-bond acceptors (Lipinski definition) is 4. The summed E-state index contributed by atoms with van der Waals surface area (Å²) in [5.74, 6) is -0.0951. The smallest absolute Gasteiger partial charge is 0.335 e. The van der Waals surface area contributed by atoms with Crippen molar-refractivity contribution in [1.29, 1.82) is 0 Å². The van der Waals surface area contributed by atoms with Gasteiger partial charge in [-0.25, -0.2) is 9.78 Å². The molecule has 2 heterocycles. The summed E-state index contributed by atoms with van der Waals surface area (Å²) in [6, 6.07) is 3.33. The molecule has 18 heavy (non-hydrogen) atoms. The summed E-state index contributed by atoms with van der Waals surface area (Å²) in [4.78, 5) is 20.0. The number of anilines is 1. The van der Waals surface area contributed by atoms with E-state index in [0.717, 1.165) is 44.1 Å². The van der Waals surface area contributed by atoms with Gasteiger partial charge in [-0.1, -0.05) is 6.92 Å². The number of pyridine rings is 1. The first-order valence-electron chi connectivity index (χ1n) is 6.28. The van der Waals surface area contributed by atoms with Crippen molar-refractivity contribution in [3.05, 3.63) is 23.4 Å². The van der Waals surface area contributed by atoms with Crippen molar-refractivity contribution in [3.63, 3.8) is 0 Å². The van der Waals surface area contributed by atoms with Crippen molar-refractivity contribution < 1.29 is 9.90 Å². The number of nitrogens with zero attached hydrogens (tertiary/aromatic N) is 3. The Hall–Kier alpha value is -1.62. The van der Waals surface area contributed by atoms with Crippen molar-refractivity contribution in [2.45, 2.75) is 13.3 Å². The van der Waals surface area contributed by atoms with Gasteiger partial charge in [0, 0.05) is 31.9 Å². The number of aryl methyl sites for hydroxylation is 1. The molecule has 0 spiro atoms. The fraction of sp³-hybridized carbons (Fsp3) is 0.538. The van der Waals surface area contributed by atoms with Crippen molar-refractivity contribution in [1.82, 2.24) is 9.88 Å². The van der Waals surface area contributed by atoms with Crippen LogP contribution in [0.2, 0.25) is 0 Å². The minimum atomic E-state index is -0.887. The molecule has 0 saturated carbocycles. The van der Waals surface area contributed by atoms with Crippen LogP contribution in [-0.2, 0) is 6.42 Å². The Bertz CT molecular complexity index is 440. The van der Waals surface area contributed by atoms with Crippen molar-refractivity contribution >= 4 is 11.8 Å². The monoisotopic (exact) mass is 249 g/mol. The second kappa shape index (κ2) is 5.35. The summed E-state index contributed by atoms with van der Waals surface area (Å²) in [6.07, 6.45) is 0.752. The highest BCUT2D eigenvalue weighted by Gasteiger charge is 2.17. The second-order valence-electron chi connectivity index (χ2n) is 4.65. The number of aromatic carboxylic acids is 1. The molecular formula is C13H19N3O2. The zero-order valence-electron chi connectivity index (χ0n) is 10.9. The predicted octanol–water partition coefficient (Wildman–Crippen LogP) is 1.09. The number of aromatic nitrogens is 1. The summed E-state index contributed by atoms with van der Waals surface area (Å²) in [5, 5.41) is 9.12. The standard InChI is InChI=1S/C13H19N3O2/c1-3-11-8-10(13(17)18)9-12(14-11)16-6-4-15(2)5-7-16/h8-9H,3-7H2,1-2H3,(H,17,18). The van der Waals surface area contributed by atoms with E-state index < -0.39 is 5.97 Å². The fourth-order valence-corrected chi connectivity index (χ4v) is 2.07. The van der Waals surface area contributed by atoms with E-state index in [-0.39, 0.29) is 0 Å². The number of hydrogen-bond donors (Lipinski definition) is 1. The first-order valence-corrected chi connectivity index (χ1v) is 6.28. The normalized spacial score (nSPS) is 16.9. The van der Waals surface area contributed by atoms with Gasteiger partial charge in [0.1, 0.15) is 5.82 Å². The topological polar surface area (TPSA) is 56.7 Å². The molecule has 1 saturated heterocycles. The number of piperazine rings is 1. The van der Waals surface area contributed by atoms with Gasteiger partial charge in [0.15, 0.2) is 0 Å². The maximum Gasteiger partial charge on any atom is 0.335 e. The zero-order chi connectivity index (χ0) is 13.1. The van der Waals surface area contributed by atoms with Crippen LogP contribution in [0.25, 0.3) is 0 Å². The van der Waals surface area contributed by atoms with Crippen LogP contribution in [0.1, 0.15) is 23.0 Å². The van der Waals surface area contributed by atoms with Gasteiger partial charge in [-0.2, -0.15) is 0 Å². The Morgan fingerprint density at radius 1 is 1.33 bits per heavy atom. The summed E-state index contributed by atoms with van der Waals surface area (Å²) in [6.45, 7) is 5.76. The molecule has 0 bridgehead atoms. The third-order valence-electron chi connectivity index (χ3n) is 3.30. The lowest BCUT2D eigenvalue weighted by molar-refractivity contribution is 0.0696. The van der Waals surface area contributed by atoms with Gasteiger partial charge in [0.25, 0.3) is 0 Å². The first-order chi connectivity index (χ1) is 8.60. The largest absolute Gasteiger partial charge is 0.478 e. The van der Waals surface area contributed by atoms with Crippen LogP contribution in [0.5, 0.6) is 0 Å². The number of likely N-dealkylation sites (N-methyl/N-ethyl adjacent to an activating group) is 1. The van der Waals surface area contributed by atoms with Crippen molar-refractivity contribution in [3.8, 4) is 0 Å². The summed E-state index contributed by atoms with van der Waals surface area (Å²) in [7, 11) is 2.09. The van der Waals surface area contributed by atoms with E-state index >= 15 is 0 Å². The molecule has 0 amide bonds. The zero-order valence-corrected chi connectivity index (χ0v) is 10.9. The Balaban J connectivity index is 2.26. The Morgan fingerprint density at radius 2 is 2.00 bits per heavy atom. The summed E-state index contributed by atoms with van der Waals surface area (Å²) >= 11 is 0. The highest BCUT2D eigenvalue weighted by molar-refractivity contribution is 5.88. The van der Waals surface area contributed by atoms with Crippen LogP contribution >= 0.6 is 0 Å². The molecule has 2 rings (SSSR count). The van der Waals surface area contributed by atoms with Gasteiger partial charge in [0.2, 0.25) is 0 Å². The Labute approximate surface area is 107 Å². The molecule has 0 aliphatic carbocycles. The average Bonchev–Trinajstić information content (AvgIpc) is 2.39. The molecule has 1 aliphatic rings. The lowest BCUT2D eigenvalue weighted by Gasteiger charge is -2.33. The number of carboxylic acid groups (broad SMARTS) is 1. The Morgan fingerprint density at radius 3 is 2.56 bits per heavy atom. The molecule has 1 fully saturated rings. The maximum atomic E-state index is 11.1. The van der Waals surface area contributed by atoms with Crippen LogP contribution in [0.15, 0.2) is 12.1 Å². The molecule has 1 N–H and O–H groups in total. The van der Waals surface area contributed by atoms with E-state index in [1.165, 1.54) is 0 Å². The van der Waals surface area contributed by atoms with Gasteiger partial charge in [-0.05, 0) is 25.6 Å². The molecular weight excluding hydrogens is 230 g/mol.